The van der Waals surface area contributed by atoms with Gasteiger partial charge in [0.2, 0.25) is 0 Å². The van der Waals surface area contributed by atoms with Crippen molar-refractivity contribution in [3.05, 3.63) is 65.8 Å². The highest BCUT2D eigenvalue weighted by atomic mass is 14.7. The Morgan fingerprint density at radius 3 is 1.89 bits per heavy atom. The minimum atomic E-state index is -0.143. The third-order valence-electron chi connectivity index (χ3n) is 4.58. The van der Waals surface area contributed by atoms with Crippen LogP contribution in [0.2, 0.25) is 0 Å². The zero-order valence-corrected chi connectivity index (χ0v) is 17.9. The summed E-state index contributed by atoms with van der Waals surface area (Å²) in [5.74, 6) is 0. The maximum atomic E-state index is 8.87. The lowest BCUT2D eigenvalue weighted by Crippen LogP contribution is -1.98. The van der Waals surface area contributed by atoms with E-state index in [0.29, 0.717) is 60.2 Å². The van der Waals surface area contributed by atoms with Crippen LogP contribution >= 0.6 is 0 Å². The number of pyridine rings is 1. The molecule has 0 unspecified atom stereocenters. The molecule has 0 N–H and O–H groups in total. The Hall–Kier alpha value is -2.15. The van der Waals surface area contributed by atoms with Gasteiger partial charge in [-0.15, -0.1) is 0 Å². The van der Waals surface area contributed by atoms with Gasteiger partial charge in [-0.2, -0.15) is 0 Å². The zero-order valence-electron chi connectivity index (χ0n) is 22.9. The predicted octanol–water partition coefficient (Wildman–Crippen LogP) is 8.72. The second-order valence-corrected chi connectivity index (χ2v) is 7.03. The molecular formula is C27H37N. The maximum absolute atomic E-state index is 8.87. The van der Waals surface area contributed by atoms with Crippen LogP contribution in [0.4, 0.5) is 0 Å². The van der Waals surface area contributed by atoms with Crippen LogP contribution < -0.4 is 0 Å². The fourth-order valence-electron chi connectivity index (χ4n) is 3.28. The molecule has 1 aromatic carbocycles. The van der Waals surface area contributed by atoms with E-state index in [4.69, 9.17) is 6.85 Å². The summed E-state index contributed by atoms with van der Waals surface area (Å²) in [6, 6.07) is 6.35. The molecule has 1 aromatic heterocycles. The third kappa shape index (κ3) is 5.92. The Balaban J connectivity index is 3.15. The van der Waals surface area contributed by atoms with Crippen molar-refractivity contribution in [3.63, 3.8) is 0 Å². The molecule has 0 aliphatic rings. The molecule has 1 nitrogen and oxygen atoms in total. The SMILES string of the molecule is [2H]/C(CCC)=C(/CCC)c1c([2H])c([2H])c([2H])c(/C(CCC)=C(\[2H])CCC)c1-c1ccccn1. The van der Waals surface area contributed by atoms with Crippen LogP contribution in [0.3, 0.4) is 0 Å². The van der Waals surface area contributed by atoms with E-state index in [2.05, 4.69) is 18.8 Å². The predicted molar refractivity (Wildman–Crippen MR) is 125 cm³/mol. The topological polar surface area (TPSA) is 12.9 Å². The molecule has 0 bridgehead atoms. The minimum absolute atomic E-state index is 0.0217. The van der Waals surface area contributed by atoms with Gasteiger partial charge in [-0.05, 0) is 60.1 Å². The van der Waals surface area contributed by atoms with Gasteiger partial charge in [-0.3, -0.25) is 4.98 Å². The van der Waals surface area contributed by atoms with Crippen molar-refractivity contribution in [1.82, 2.24) is 4.98 Å². The van der Waals surface area contributed by atoms with Crippen molar-refractivity contribution < 1.29 is 6.85 Å². The maximum Gasteiger partial charge on any atom is 0.0714 e. The van der Waals surface area contributed by atoms with Gasteiger partial charge in [0, 0.05) is 11.8 Å². The first-order chi connectivity index (χ1) is 15.8. The lowest BCUT2D eigenvalue weighted by atomic mass is 9.86. The number of hydrogen-bond donors (Lipinski definition) is 0. The van der Waals surface area contributed by atoms with Crippen LogP contribution in [0.25, 0.3) is 22.4 Å². The highest BCUT2D eigenvalue weighted by molar-refractivity contribution is 5.89. The lowest BCUT2D eigenvalue weighted by molar-refractivity contribution is 0.930. The van der Waals surface area contributed by atoms with E-state index in [1.165, 1.54) is 0 Å². The average molecular weight is 381 g/mol. The molecule has 0 radical (unpaired) electrons. The zero-order chi connectivity index (χ0) is 24.5. The Morgan fingerprint density at radius 1 is 0.893 bits per heavy atom. The molecule has 150 valence electrons. The van der Waals surface area contributed by atoms with Gasteiger partial charge in [-0.25, -0.2) is 0 Å². The number of aromatic nitrogens is 1. The van der Waals surface area contributed by atoms with Crippen LogP contribution in [0.15, 0.2) is 54.6 Å². The minimum Gasteiger partial charge on any atom is -0.256 e. The van der Waals surface area contributed by atoms with Gasteiger partial charge >= 0.3 is 0 Å². The quantitative estimate of drug-likeness (QED) is 0.380. The number of allylic oxidation sites excluding steroid dienone is 4. The molecule has 1 heterocycles. The smallest absolute Gasteiger partial charge is 0.0714 e. The molecular weight excluding hydrogens is 338 g/mol. The number of nitrogens with zero attached hydrogens (tertiary/aromatic N) is 1. The van der Waals surface area contributed by atoms with Crippen LogP contribution in [0.5, 0.6) is 0 Å². The molecule has 1 heteroatoms. The summed E-state index contributed by atoms with van der Waals surface area (Å²) in [6.07, 6.45) is 7.40. The Morgan fingerprint density at radius 2 is 1.46 bits per heavy atom. The summed E-state index contributed by atoms with van der Waals surface area (Å²) in [4.78, 5) is 4.58. The fourth-order valence-corrected chi connectivity index (χ4v) is 3.28. The van der Waals surface area contributed by atoms with E-state index >= 15 is 0 Å². The van der Waals surface area contributed by atoms with Crippen LogP contribution in [-0.2, 0) is 0 Å². The molecule has 0 spiro atoms. The average Bonchev–Trinajstić information content (AvgIpc) is 2.81. The summed E-state index contributed by atoms with van der Waals surface area (Å²) in [7, 11) is 0. The summed E-state index contributed by atoms with van der Waals surface area (Å²) in [5.41, 5.74) is 3.87. The molecule has 0 atom stereocenters. The van der Waals surface area contributed by atoms with Crippen molar-refractivity contribution in [3.8, 4) is 11.3 Å². The first kappa shape index (κ1) is 15.7. The second-order valence-electron chi connectivity index (χ2n) is 7.03. The fraction of sp³-hybridized carbons (Fsp3) is 0.444. The Bertz CT molecular complexity index is 950. The van der Waals surface area contributed by atoms with Crippen molar-refractivity contribution in [1.29, 1.82) is 0 Å². The lowest BCUT2D eigenvalue weighted by Gasteiger charge is -2.19. The van der Waals surface area contributed by atoms with Gasteiger partial charge in [0.25, 0.3) is 0 Å². The van der Waals surface area contributed by atoms with Crippen LogP contribution in [-0.4, -0.2) is 4.98 Å². The molecule has 0 saturated carbocycles. The number of hydrogen-bond acceptors (Lipinski definition) is 1. The number of rotatable bonds is 11. The molecule has 0 saturated heterocycles. The molecule has 2 aromatic rings. The van der Waals surface area contributed by atoms with Gasteiger partial charge in [-0.1, -0.05) is 89.7 Å². The van der Waals surface area contributed by atoms with E-state index < -0.39 is 0 Å². The molecule has 0 fully saturated rings. The Kier molecular flexibility index (Phi) is 6.93. The third-order valence-corrected chi connectivity index (χ3v) is 4.58. The molecule has 28 heavy (non-hydrogen) atoms. The highest BCUT2D eigenvalue weighted by Crippen LogP contribution is 2.38. The summed E-state index contributed by atoms with van der Waals surface area (Å²) in [5, 5.41) is 0. The monoisotopic (exact) mass is 380 g/mol. The normalized spacial score (nSPS) is 15.6. The first-order valence-electron chi connectivity index (χ1n) is 13.3. The van der Waals surface area contributed by atoms with E-state index in [-0.39, 0.29) is 18.1 Å². The number of benzene rings is 1. The summed E-state index contributed by atoms with van der Waals surface area (Å²) < 4.78 is 44.0. The largest absolute Gasteiger partial charge is 0.256 e. The van der Waals surface area contributed by atoms with Gasteiger partial charge < -0.3 is 0 Å². The molecule has 2 rings (SSSR count). The van der Waals surface area contributed by atoms with E-state index in [9.17, 15) is 0 Å². The molecule has 0 amide bonds. The van der Waals surface area contributed by atoms with Crippen molar-refractivity contribution >= 4 is 11.1 Å². The van der Waals surface area contributed by atoms with E-state index in [0.717, 1.165) is 36.8 Å². The van der Waals surface area contributed by atoms with Crippen molar-refractivity contribution in [2.75, 3.05) is 0 Å². The van der Waals surface area contributed by atoms with Crippen LogP contribution in [0, 0.1) is 0 Å². The molecule has 0 aliphatic heterocycles. The summed E-state index contributed by atoms with van der Waals surface area (Å²) >= 11 is 0. The second kappa shape index (κ2) is 12.3. The van der Waals surface area contributed by atoms with Gasteiger partial charge in [0.1, 0.15) is 0 Å². The first-order valence-corrected chi connectivity index (χ1v) is 10.8. The van der Waals surface area contributed by atoms with E-state index in [1.54, 1.807) is 6.20 Å². The van der Waals surface area contributed by atoms with E-state index in [1.807, 2.05) is 32.0 Å². The van der Waals surface area contributed by atoms with Crippen molar-refractivity contribution in [2.24, 2.45) is 0 Å². The molecule has 0 aliphatic carbocycles. The standard InChI is InChI=1S/C27H37N/c1-5-9-16-22(14-7-3)24-18-13-19-25(23(15-8-4)17-10-6-2)27(24)26-20-11-12-21-28-26/h11-13,16-21H,5-10,14-15H2,1-4H3/b22-16+,23-17+/i13D,16D,17D,18D,19D. The Labute approximate surface area is 179 Å². The van der Waals surface area contributed by atoms with Gasteiger partial charge in [0.15, 0.2) is 0 Å². The van der Waals surface area contributed by atoms with Crippen molar-refractivity contribution in [2.45, 2.75) is 79.1 Å². The highest BCUT2D eigenvalue weighted by Gasteiger charge is 2.16. The summed E-state index contributed by atoms with van der Waals surface area (Å²) in [6.45, 7) is 8.17. The van der Waals surface area contributed by atoms with Gasteiger partial charge in [0.05, 0.1) is 12.5 Å². The van der Waals surface area contributed by atoms with Crippen LogP contribution in [0.1, 0.15) is 97.0 Å².